The van der Waals surface area contributed by atoms with E-state index in [9.17, 15) is 22.7 Å². The first-order valence-electron chi connectivity index (χ1n) is 5.96. The SMILES string of the molecule is O=C(O)[C@H](NS(=O)(=O)c1cccc(F)c1)c1ccccc1. The van der Waals surface area contributed by atoms with Crippen LogP contribution < -0.4 is 4.72 Å². The van der Waals surface area contributed by atoms with Crippen LogP contribution in [0.15, 0.2) is 59.5 Å². The van der Waals surface area contributed by atoms with Crippen molar-refractivity contribution in [3.8, 4) is 0 Å². The van der Waals surface area contributed by atoms with Crippen molar-refractivity contribution in [1.82, 2.24) is 4.72 Å². The molecule has 0 aliphatic carbocycles. The van der Waals surface area contributed by atoms with Gasteiger partial charge in [0.25, 0.3) is 0 Å². The van der Waals surface area contributed by atoms with Gasteiger partial charge in [0.2, 0.25) is 10.0 Å². The highest BCUT2D eigenvalue weighted by atomic mass is 32.2. The molecular weight excluding hydrogens is 297 g/mol. The number of carboxylic acids is 1. The van der Waals surface area contributed by atoms with Gasteiger partial charge in [-0.25, -0.2) is 12.8 Å². The van der Waals surface area contributed by atoms with Gasteiger partial charge in [0, 0.05) is 0 Å². The van der Waals surface area contributed by atoms with Crippen LogP contribution in [0.4, 0.5) is 4.39 Å². The highest BCUT2D eigenvalue weighted by Crippen LogP contribution is 2.18. The molecule has 21 heavy (non-hydrogen) atoms. The number of hydrogen-bond donors (Lipinski definition) is 2. The number of sulfonamides is 1. The van der Waals surface area contributed by atoms with E-state index in [1.807, 2.05) is 0 Å². The fraction of sp³-hybridized carbons (Fsp3) is 0.0714. The van der Waals surface area contributed by atoms with Crippen molar-refractivity contribution in [1.29, 1.82) is 0 Å². The molecule has 2 rings (SSSR count). The van der Waals surface area contributed by atoms with E-state index in [-0.39, 0.29) is 10.5 Å². The lowest BCUT2D eigenvalue weighted by molar-refractivity contribution is -0.139. The summed E-state index contributed by atoms with van der Waals surface area (Å²) in [6.45, 7) is 0. The van der Waals surface area contributed by atoms with Crippen molar-refractivity contribution in [2.24, 2.45) is 0 Å². The minimum Gasteiger partial charge on any atom is -0.480 e. The number of carboxylic acid groups (broad SMARTS) is 1. The van der Waals surface area contributed by atoms with Gasteiger partial charge in [-0.3, -0.25) is 4.79 Å². The minimum atomic E-state index is -4.15. The maximum absolute atomic E-state index is 13.1. The van der Waals surface area contributed by atoms with E-state index in [1.54, 1.807) is 18.2 Å². The summed E-state index contributed by atoms with van der Waals surface area (Å²) >= 11 is 0. The Balaban J connectivity index is 2.35. The Morgan fingerprint density at radius 3 is 2.33 bits per heavy atom. The van der Waals surface area contributed by atoms with E-state index in [4.69, 9.17) is 0 Å². The summed E-state index contributed by atoms with van der Waals surface area (Å²) < 4.78 is 39.4. The molecule has 2 aromatic rings. The molecule has 0 amide bonds. The van der Waals surface area contributed by atoms with Crippen LogP contribution in [-0.2, 0) is 14.8 Å². The van der Waals surface area contributed by atoms with Crippen LogP contribution in [0, 0.1) is 5.82 Å². The minimum absolute atomic E-state index is 0.282. The zero-order chi connectivity index (χ0) is 15.5. The molecule has 1 atom stereocenters. The number of hydrogen-bond acceptors (Lipinski definition) is 3. The summed E-state index contributed by atoms with van der Waals surface area (Å²) in [4.78, 5) is 10.9. The highest BCUT2D eigenvalue weighted by molar-refractivity contribution is 7.89. The van der Waals surface area contributed by atoms with Gasteiger partial charge in [0.15, 0.2) is 0 Å². The van der Waals surface area contributed by atoms with Crippen LogP contribution in [0.5, 0.6) is 0 Å². The Labute approximate surface area is 121 Å². The van der Waals surface area contributed by atoms with Crippen LogP contribution in [0.25, 0.3) is 0 Å². The molecule has 0 unspecified atom stereocenters. The Hall–Kier alpha value is -2.25. The lowest BCUT2D eigenvalue weighted by Gasteiger charge is -2.15. The second-order valence-corrected chi connectivity index (χ2v) is 5.97. The molecular formula is C14H12FNO4S. The molecule has 0 heterocycles. The molecule has 2 N–H and O–H groups in total. The van der Waals surface area contributed by atoms with Crippen LogP contribution >= 0.6 is 0 Å². The Bertz CT molecular complexity index is 747. The Morgan fingerprint density at radius 2 is 1.76 bits per heavy atom. The van der Waals surface area contributed by atoms with E-state index in [1.165, 1.54) is 24.3 Å². The second-order valence-electron chi connectivity index (χ2n) is 4.26. The molecule has 5 nitrogen and oxygen atoms in total. The van der Waals surface area contributed by atoms with Gasteiger partial charge in [0.05, 0.1) is 4.90 Å². The van der Waals surface area contributed by atoms with E-state index in [0.717, 1.165) is 12.1 Å². The summed E-state index contributed by atoms with van der Waals surface area (Å²) in [5.41, 5.74) is 0.282. The van der Waals surface area contributed by atoms with Crippen molar-refractivity contribution in [3.63, 3.8) is 0 Å². The molecule has 0 spiro atoms. The zero-order valence-electron chi connectivity index (χ0n) is 10.7. The third-order valence-electron chi connectivity index (χ3n) is 2.76. The van der Waals surface area contributed by atoms with E-state index in [2.05, 4.69) is 4.72 Å². The van der Waals surface area contributed by atoms with Gasteiger partial charge in [-0.05, 0) is 23.8 Å². The Kier molecular flexibility index (Phi) is 4.35. The monoisotopic (exact) mass is 309 g/mol. The van der Waals surface area contributed by atoms with Crippen LogP contribution in [0.2, 0.25) is 0 Å². The molecule has 0 aliphatic rings. The van der Waals surface area contributed by atoms with Gasteiger partial charge in [-0.2, -0.15) is 4.72 Å². The first-order chi connectivity index (χ1) is 9.90. The van der Waals surface area contributed by atoms with Crippen LogP contribution in [0.3, 0.4) is 0 Å². The highest BCUT2D eigenvalue weighted by Gasteiger charge is 2.26. The van der Waals surface area contributed by atoms with Crippen molar-refractivity contribution >= 4 is 16.0 Å². The van der Waals surface area contributed by atoms with Crippen molar-refractivity contribution in [2.45, 2.75) is 10.9 Å². The number of halogens is 1. The first kappa shape index (κ1) is 15.1. The average molecular weight is 309 g/mol. The molecule has 0 saturated carbocycles. The fourth-order valence-corrected chi connectivity index (χ4v) is 2.97. The number of aliphatic carboxylic acids is 1. The van der Waals surface area contributed by atoms with Crippen molar-refractivity contribution in [3.05, 3.63) is 66.0 Å². The fourth-order valence-electron chi connectivity index (χ4n) is 1.76. The lowest BCUT2D eigenvalue weighted by atomic mass is 10.1. The molecule has 0 saturated heterocycles. The number of carbonyl (C=O) groups is 1. The van der Waals surface area contributed by atoms with Crippen LogP contribution in [0.1, 0.15) is 11.6 Å². The standard InChI is InChI=1S/C14H12FNO4S/c15-11-7-4-8-12(9-11)21(19,20)16-13(14(17)18)10-5-2-1-3-6-10/h1-9,13,16H,(H,17,18)/t13-/m1/s1. The summed E-state index contributed by atoms with van der Waals surface area (Å²) in [6.07, 6.45) is 0. The summed E-state index contributed by atoms with van der Waals surface area (Å²) in [7, 11) is -4.15. The maximum Gasteiger partial charge on any atom is 0.326 e. The second kappa shape index (κ2) is 6.02. The molecule has 0 radical (unpaired) electrons. The molecule has 0 fully saturated rings. The van der Waals surface area contributed by atoms with Gasteiger partial charge in [-0.1, -0.05) is 36.4 Å². The van der Waals surface area contributed by atoms with Gasteiger partial charge in [0.1, 0.15) is 11.9 Å². The maximum atomic E-state index is 13.1. The third-order valence-corrected chi connectivity index (χ3v) is 4.18. The van der Waals surface area contributed by atoms with Crippen molar-refractivity contribution in [2.75, 3.05) is 0 Å². The predicted octanol–water partition coefficient (Wildman–Crippen LogP) is 1.93. The van der Waals surface area contributed by atoms with Crippen molar-refractivity contribution < 1.29 is 22.7 Å². The lowest BCUT2D eigenvalue weighted by Crippen LogP contribution is -2.33. The molecule has 0 aromatic heterocycles. The Morgan fingerprint density at radius 1 is 1.10 bits per heavy atom. The van der Waals surface area contributed by atoms with E-state index < -0.39 is 27.9 Å². The van der Waals surface area contributed by atoms with Gasteiger partial charge < -0.3 is 5.11 Å². The average Bonchev–Trinajstić information content (AvgIpc) is 2.45. The molecule has 2 aromatic carbocycles. The van der Waals surface area contributed by atoms with Crippen LogP contribution in [-0.4, -0.2) is 19.5 Å². The number of rotatable bonds is 5. The van der Waals surface area contributed by atoms with Gasteiger partial charge in [-0.15, -0.1) is 0 Å². The zero-order valence-corrected chi connectivity index (χ0v) is 11.5. The predicted molar refractivity (Wildman–Crippen MR) is 73.5 cm³/mol. The van der Waals surface area contributed by atoms with E-state index >= 15 is 0 Å². The summed E-state index contributed by atoms with van der Waals surface area (Å²) in [5.74, 6) is -2.06. The summed E-state index contributed by atoms with van der Waals surface area (Å²) in [5, 5.41) is 9.19. The van der Waals surface area contributed by atoms with Gasteiger partial charge >= 0.3 is 5.97 Å². The quantitative estimate of drug-likeness (QED) is 0.884. The third kappa shape index (κ3) is 3.65. The number of nitrogens with one attached hydrogen (secondary N) is 1. The molecule has 0 bridgehead atoms. The molecule has 7 heteroatoms. The first-order valence-corrected chi connectivity index (χ1v) is 7.44. The molecule has 0 aliphatic heterocycles. The normalized spacial score (nSPS) is 12.8. The number of benzene rings is 2. The summed E-state index contributed by atoms with van der Waals surface area (Å²) in [6, 6.07) is 10.8. The smallest absolute Gasteiger partial charge is 0.326 e. The topological polar surface area (TPSA) is 83.5 Å². The largest absolute Gasteiger partial charge is 0.480 e. The van der Waals surface area contributed by atoms with E-state index in [0.29, 0.717) is 0 Å². The molecule has 110 valence electrons.